The SMILES string of the molecule is CCOC(=O)c1c(-c2ccc(C)cc2)oc2c(OC)cc(CCC(=O)N[C@H](CO)Cc3ccccc3)cc12. The molecule has 3 aromatic carbocycles. The van der Waals surface area contributed by atoms with Crippen molar-refractivity contribution in [2.75, 3.05) is 20.3 Å². The molecule has 1 aromatic heterocycles. The van der Waals surface area contributed by atoms with E-state index in [0.29, 0.717) is 40.9 Å². The number of fused-ring (bicyclic) bond motifs is 1. The smallest absolute Gasteiger partial charge is 0.342 e. The van der Waals surface area contributed by atoms with Crippen LogP contribution in [0.5, 0.6) is 5.75 Å². The van der Waals surface area contributed by atoms with Gasteiger partial charge >= 0.3 is 5.97 Å². The summed E-state index contributed by atoms with van der Waals surface area (Å²) in [5.41, 5.74) is 4.48. The van der Waals surface area contributed by atoms with Crippen LogP contribution in [-0.4, -0.2) is 43.3 Å². The molecule has 1 amide bonds. The summed E-state index contributed by atoms with van der Waals surface area (Å²) in [4.78, 5) is 25.8. The molecule has 0 unspecified atom stereocenters. The van der Waals surface area contributed by atoms with Crippen LogP contribution in [0.3, 0.4) is 0 Å². The van der Waals surface area contributed by atoms with Gasteiger partial charge in [-0.3, -0.25) is 4.79 Å². The van der Waals surface area contributed by atoms with E-state index in [9.17, 15) is 14.7 Å². The van der Waals surface area contributed by atoms with Gasteiger partial charge in [0.1, 0.15) is 11.3 Å². The highest BCUT2D eigenvalue weighted by molar-refractivity contribution is 6.10. The fraction of sp³-hybridized carbons (Fsp3) is 0.290. The minimum atomic E-state index is -0.481. The molecule has 198 valence electrons. The number of ether oxygens (including phenoxy) is 2. The van der Waals surface area contributed by atoms with Gasteiger partial charge in [-0.05, 0) is 49.9 Å². The predicted molar refractivity (Wildman–Crippen MR) is 146 cm³/mol. The van der Waals surface area contributed by atoms with E-state index in [0.717, 1.165) is 22.3 Å². The van der Waals surface area contributed by atoms with Gasteiger partial charge in [0.2, 0.25) is 5.91 Å². The lowest BCUT2D eigenvalue weighted by atomic mass is 10.0. The number of benzene rings is 3. The first-order chi connectivity index (χ1) is 18.4. The van der Waals surface area contributed by atoms with Crippen LogP contribution in [-0.2, 0) is 22.4 Å². The lowest BCUT2D eigenvalue weighted by Gasteiger charge is -2.16. The summed E-state index contributed by atoms with van der Waals surface area (Å²) in [7, 11) is 1.54. The number of amides is 1. The predicted octanol–water partition coefficient (Wildman–Crippen LogP) is 5.25. The number of hydrogen-bond acceptors (Lipinski definition) is 6. The summed E-state index contributed by atoms with van der Waals surface area (Å²) in [6, 6.07) is 20.7. The molecule has 7 heteroatoms. The van der Waals surface area contributed by atoms with Crippen molar-refractivity contribution in [3.63, 3.8) is 0 Å². The number of carbonyl (C=O) groups is 2. The molecule has 4 aromatic rings. The number of carbonyl (C=O) groups excluding carboxylic acids is 2. The van der Waals surface area contributed by atoms with Crippen LogP contribution >= 0.6 is 0 Å². The third-order valence-corrected chi connectivity index (χ3v) is 6.38. The summed E-state index contributed by atoms with van der Waals surface area (Å²) in [5.74, 6) is 0.236. The van der Waals surface area contributed by atoms with Crippen molar-refractivity contribution in [2.24, 2.45) is 0 Å². The number of furan rings is 1. The molecule has 0 fully saturated rings. The van der Waals surface area contributed by atoms with E-state index < -0.39 is 5.97 Å². The second-order valence-corrected chi connectivity index (χ2v) is 9.20. The zero-order valence-corrected chi connectivity index (χ0v) is 22.0. The van der Waals surface area contributed by atoms with E-state index in [2.05, 4.69) is 5.32 Å². The Bertz CT molecular complexity index is 1390. The number of aryl methyl sites for hydroxylation is 2. The van der Waals surface area contributed by atoms with Gasteiger partial charge < -0.3 is 24.3 Å². The molecule has 38 heavy (non-hydrogen) atoms. The molecule has 1 heterocycles. The molecule has 0 aliphatic carbocycles. The van der Waals surface area contributed by atoms with Crippen molar-refractivity contribution in [2.45, 2.75) is 39.2 Å². The van der Waals surface area contributed by atoms with Crippen molar-refractivity contribution >= 4 is 22.8 Å². The Labute approximate surface area is 222 Å². The standard InChI is InChI=1S/C31H33NO6/c1-4-37-31(35)28-25-17-22(12-15-27(34)32-24(19-33)16-21-8-6-5-7-9-21)18-26(36-3)30(25)38-29(28)23-13-10-20(2)11-14-23/h5-11,13-14,17-18,24,33H,4,12,15-16,19H2,1-3H3,(H,32,34)/t24-/m0/s1. The zero-order valence-electron chi connectivity index (χ0n) is 22.0. The molecule has 0 spiro atoms. The van der Waals surface area contributed by atoms with Crippen molar-refractivity contribution in [3.05, 3.63) is 89.0 Å². The van der Waals surface area contributed by atoms with Gasteiger partial charge in [-0.25, -0.2) is 4.79 Å². The zero-order chi connectivity index (χ0) is 27.1. The lowest BCUT2D eigenvalue weighted by molar-refractivity contribution is -0.122. The number of rotatable bonds is 11. The highest BCUT2D eigenvalue weighted by Crippen LogP contribution is 2.39. The Morgan fingerprint density at radius 2 is 1.76 bits per heavy atom. The van der Waals surface area contributed by atoms with Crippen LogP contribution in [0.25, 0.3) is 22.3 Å². The molecular weight excluding hydrogens is 482 g/mol. The first-order valence-electron chi connectivity index (χ1n) is 12.7. The molecule has 0 aliphatic heterocycles. The van der Waals surface area contributed by atoms with Gasteiger partial charge in [0.05, 0.1) is 26.4 Å². The second-order valence-electron chi connectivity index (χ2n) is 9.20. The molecule has 0 radical (unpaired) electrons. The summed E-state index contributed by atoms with van der Waals surface area (Å²) in [6.07, 6.45) is 1.16. The first-order valence-corrected chi connectivity index (χ1v) is 12.7. The molecule has 2 N–H and O–H groups in total. The third-order valence-electron chi connectivity index (χ3n) is 6.38. The lowest BCUT2D eigenvalue weighted by Crippen LogP contribution is -2.39. The van der Waals surface area contributed by atoms with Crippen molar-refractivity contribution < 1.29 is 28.6 Å². The fourth-order valence-electron chi connectivity index (χ4n) is 4.45. The van der Waals surface area contributed by atoms with Crippen LogP contribution in [0.4, 0.5) is 0 Å². The van der Waals surface area contributed by atoms with E-state index in [1.165, 1.54) is 0 Å². The summed E-state index contributed by atoms with van der Waals surface area (Å²) in [5, 5.41) is 13.3. The Morgan fingerprint density at radius 3 is 2.42 bits per heavy atom. The Balaban J connectivity index is 1.59. The highest BCUT2D eigenvalue weighted by Gasteiger charge is 2.26. The Morgan fingerprint density at radius 1 is 1.03 bits per heavy atom. The average Bonchev–Trinajstić information content (AvgIpc) is 3.31. The molecular formula is C31H33NO6. The number of nitrogens with one attached hydrogen (secondary N) is 1. The number of aliphatic hydroxyl groups is 1. The number of methoxy groups -OCH3 is 1. The Hall–Kier alpha value is -4.10. The van der Waals surface area contributed by atoms with E-state index in [4.69, 9.17) is 13.9 Å². The fourth-order valence-corrected chi connectivity index (χ4v) is 4.45. The third kappa shape index (κ3) is 6.23. The quantitative estimate of drug-likeness (QED) is 0.265. The molecule has 7 nitrogen and oxygen atoms in total. The van der Waals surface area contributed by atoms with E-state index >= 15 is 0 Å². The van der Waals surface area contributed by atoms with E-state index in [-0.39, 0.29) is 31.6 Å². The van der Waals surface area contributed by atoms with Crippen molar-refractivity contribution in [3.8, 4) is 17.1 Å². The summed E-state index contributed by atoms with van der Waals surface area (Å²) in [6.45, 7) is 3.82. The molecule has 0 saturated carbocycles. The van der Waals surface area contributed by atoms with Crippen molar-refractivity contribution in [1.29, 1.82) is 0 Å². The molecule has 0 aliphatic rings. The van der Waals surface area contributed by atoms with Crippen LogP contribution in [0, 0.1) is 6.92 Å². The van der Waals surface area contributed by atoms with E-state index in [1.807, 2.05) is 73.7 Å². The van der Waals surface area contributed by atoms with Crippen LogP contribution in [0.2, 0.25) is 0 Å². The number of aliphatic hydroxyl groups excluding tert-OH is 1. The molecule has 0 saturated heterocycles. The van der Waals surface area contributed by atoms with Crippen LogP contribution < -0.4 is 10.1 Å². The molecule has 4 rings (SSSR count). The number of hydrogen-bond donors (Lipinski definition) is 2. The largest absolute Gasteiger partial charge is 0.493 e. The minimum absolute atomic E-state index is 0.153. The van der Waals surface area contributed by atoms with Crippen LogP contribution in [0.15, 0.2) is 71.1 Å². The van der Waals surface area contributed by atoms with Gasteiger partial charge in [-0.2, -0.15) is 0 Å². The minimum Gasteiger partial charge on any atom is -0.493 e. The maximum absolute atomic E-state index is 13.1. The monoisotopic (exact) mass is 515 g/mol. The average molecular weight is 516 g/mol. The van der Waals surface area contributed by atoms with Crippen molar-refractivity contribution in [1.82, 2.24) is 5.32 Å². The van der Waals surface area contributed by atoms with Gasteiger partial charge in [0.25, 0.3) is 0 Å². The molecule has 0 bridgehead atoms. The van der Waals surface area contributed by atoms with Crippen LogP contribution in [0.1, 0.15) is 40.4 Å². The Kier molecular flexibility index (Phi) is 8.81. The maximum Gasteiger partial charge on any atom is 0.342 e. The molecule has 1 atom stereocenters. The van der Waals surface area contributed by atoms with Gasteiger partial charge in [-0.1, -0.05) is 60.2 Å². The first kappa shape index (κ1) is 26.9. The van der Waals surface area contributed by atoms with Gasteiger partial charge in [0.15, 0.2) is 11.3 Å². The number of esters is 1. The summed E-state index contributed by atoms with van der Waals surface area (Å²) >= 11 is 0. The topological polar surface area (TPSA) is 98.0 Å². The van der Waals surface area contributed by atoms with Gasteiger partial charge in [0, 0.05) is 17.4 Å². The normalized spacial score (nSPS) is 11.8. The highest BCUT2D eigenvalue weighted by atomic mass is 16.5. The van der Waals surface area contributed by atoms with Gasteiger partial charge in [-0.15, -0.1) is 0 Å². The second kappa shape index (κ2) is 12.4. The maximum atomic E-state index is 13.1. The summed E-state index contributed by atoms with van der Waals surface area (Å²) < 4.78 is 17.2. The van der Waals surface area contributed by atoms with E-state index in [1.54, 1.807) is 14.0 Å².